The fourth-order valence-corrected chi connectivity index (χ4v) is 2.93. The Morgan fingerprint density at radius 3 is 2.39 bits per heavy atom. The molecule has 2 saturated carbocycles. The van der Waals surface area contributed by atoms with E-state index in [1.165, 1.54) is 6.92 Å². The summed E-state index contributed by atoms with van der Waals surface area (Å²) in [5, 5.41) is 2.68. The molecule has 0 bridgehead atoms. The summed E-state index contributed by atoms with van der Waals surface area (Å²) in [6, 6.07) is 7.22. The van der Waals surface area contributed by atoms with Crippen LogP contribution in [0.25, 0.3) is 0 Å². The van der Waals surface area contributed by atoms with Gasteiger partial charge in [0.25, 0.3) is 0 Å². The predicted molar refractivity (Wildman–Crippen MR) is 65.2 cm³/mol. The number of ketones is 2. The summed E-state index contributed by atoms with van der Waals surface area (Å²) in [6.45, 7) is 1.45. The van der Waals surface area contributed by atoms with Gasteiger partial charge in [-0.2, -0.15) is 0 Å². The maximum Gasteiger partial charge on any atom is 0.221 e. The number of nitrogens with one attached hydrogen (secondary N) is 1. The first-order chi connectivity index (χ1) is 8.54. The number of fused-ring (bicyclic) bond motifs is 1. The van der Waals surface area contributed by atoms with Gasteiger partial charge in [-0.3, -0.25) is 14.4 Å². The van der Waals surface area contributed by atoms with Crippen LogP contribution in [0, 0.1) is 5.92 Å². The van der Waals surface area contributed by atoms with Crippen molar-refractivity contribution < 1.29 is 14.4 Å². The second kappa shape index (κ2) is 3.51. The Hall–Kier alpha value is -1.97. The molecule has 1 amide bonds. The van der Waals surface area contributed by atoms with E-state index in [-0.39, 0.29) is 29.8 Å². The van der Waals surface area contributed by atoms with Crippen LogP contribution in [0.3, 0.4) is 0 Å². The van der Waals surface area contributed by atoms with Crippen molar-refractivity contribution in [3.8, 4) is 0 Å². The molecular weight excluding hydrogens is 230 g/mol. The molecule has 92 valence electrons. The van der Waals surface area contributed by atoms with Crippen LogP contribution in [-0.2, 0) is 19.8 Å². The Bertz CT molecular complexity index is 561. The Kier molecular flexibility index (Phi) is 2.17. The fourth-order valence-electron chi connectivity index (χ4n) is 2.93. The summed E-state index contributed by atoms with van der Waals surface area (Å²) < 4.78 is 0. The van der Waals surface area contributed by atoms with Crippen molar-refractivity contribution >= 4 is 23.2 Å². The molecule has 0 heterocycles. The highest BCUT2D eigenvalue weighted by atomic mass is 16.2. The van der Waals surface area contributed by atoms with Gasteiger partial charge in [0.15, 0.2) is 5.78 Å². The molecule has 1 aromatic carbocycles. The number of amides is 1. The lowest BCUT2D eigenvalue weighted by Gasteiger charge is -2.11. The minimum absolute atomic E-state index is 0.0461. The average Bonchev–Trinajstić information content (AvgIpc) is 3.00. The van der Waals surface area contributed by atoms with Gasteiger partial charge in [-0.1, -0.05) is 12.1 Å². The quantitative estimate of drug-likeness (QED) is 0.799. The highest BCUT2D eigenvalue weighted by Gasteiger charge is 2.68. The Morgan fingerprint density at radius 2 is 1.94 bits per heavy atom. The third-order valence-corrected chi connectivity index (χ3v) is 3.90. The van der Waals surface area contributed by atoms with Gasteiger partial charge in [0, 0.05) is 18.5 Å². The van der Waals surface area contributed by atoms with Gasteiger partial charge in [-0.05, 0) is 24.1 Å². The molecule has 1 aromatic rings. The highest BCUT2D eigenvalue weighted by molar-refractivity contribution is 6.18. The first kappa shape index (κ1) is 11.1. The monoisotopic (exact) mass is 243 g/mol. The zero-order valence-electron chi connectivity index (χ0n) is 10.0. The van der Waals surface area contributed by atoms with Gasteiger partial charge in [0.2, 0.25) is 5.91 Å². The van der Waals surface area contributed by atoms with Crippen LogP contribution >= 0.6 is 0 Å². The van der Waals surface area contributed by atoms with Gasteiger partial charge < -0.3 is 5.32 Å². The van der Waals surface area contributed by atoms with Crippen LogP contribution in [0.1, 0.15) is 25.3 Å². The predicted octanol–water partition coefficient (Wildman–Crippen LogP) is 1.44. The number of rotatable bonds is 2. The Labute approximate surface area is 104 Å². The van der Waals surface area contributed by atoms with Crippen LogP contribution in [-0.4, -0.2) is 17.5 Å². The smallest absolute Gasteiger partial charge is 0.221 e. The molecule has 2 atom stereocenters. The van der Waals surface area contributed by atoms with Crippen molar-refractivity contribution in [1.29, 1.82) is 0 Å². The van der Waals surface area contributed by atoms with E-state index >= 15 is 0 Å². The molecular formula is C14H13NO3. The summed E-state index contributed by atoms with van der Waals surface area (Å²) in [6.07, 6.45) is 0.738. The van der Waals surface area contributed by atoms with Crippen molar-refractivity contribution in [3.63, 3.8) is 0 Å². The number of anilines is 1. The maximum atomic E-state index is 11.9. The van der Waals surface area contributed by atoms with E-state index in [9.17, 15) is 14.4 Å². The van der Waals surface area contributed by atoms with Crippen LogP contribution in [0.5, 0.6) is 0 Å². The molecule has 0 radical (unpaired) electrons. The standard InChI is InChI=1S/C14H13NO3/c1-8(16)15-10-4-2-9(3-5-10)14-7-11(14)12(17)6-13(14)18/h2-5,11H,6-7H2,1H3,(H,15,16). The lowest BCUT2D eigenvalue weighted by atomic mass is 9.92. The van der Waals surface area contributed by atoms with Crippen LogP contribution in [0.15, 0.2) is 24.3 Å². The molecule has 0 saturated heterocycles. The minimum Gasteiger partial charge on any atom is -0.326 e. The van der Waals surface area contributed by atoms with Crippen molar-refractivity contribution in [2.45, 2.75) is 25.2 Å². The van der Waals surface area contributed by atoms with Gasteiger partial charge in [0.1, 0.15) is 5.78 Å². The van der Waals surface area contributed by atoms with Crippen LogP contribution in [0.4, 0.5) is 5.69 Å². The number of carbonyl (C=O) groups is 3. The molecule has 0 aromatic heterocycles. The molecule has 2 aliphatic rings. The third kappa shape index (κ3) is 1.41. The number of hydrogen-bond acceptors (Lipinski definition) is 3. The molecule has 3 rings (SSSR count). The van der Waals surface area contributed by atoms with E-state index in [2.05, 4.69) is 5.32 Å². The maximum absolute atomic E-state index is 11.9. The second-order valence-corrected chi connectivity index (χ2v) is 5.05. The van der Waals surface area contributed by atoms with Gasteiger partial charge in [-0.15, -0.1) is 0 Å². The van der Waals surface area contributed by atoms with Gasteiger partial charge in [-0.25, -0.2) is 0 Å². The van der Waals surface area contributed by atoms with Crippen molar-refractivity contribution in [2.24, 2.45) is 5.92 Å². The topological polar surface area (TPSA) is 63.2 Å². The minimum atomic E-state index is -0.536. The van der Waals surface area contributed by atoms with E-state index in [1.54, 1.807) is 12.1 Å². The molecule has 4 nitrogen and oxygen atoms in total. The summed E-state index contributed by atoms with van der Waals surface area (Å²) in [5.74, 6) is -0.107. The van der Waals surface area contributed by atoms with Crippen molar-refractivity contribution in [1.82, 2.24) is 0 Å². The van der Waals surface area contributed by atoms with Gasteiger partial charge >= 0.3 is 0 Å². The number of carbonyl (C=O) groups excluding carboxylic acids is 3. The summed E-state index contributed by atoms with van der Waals surface area (Å²) in [4.78, 5) is 34.4. The van der Waals surface area contributed by atoms with E-state index in [0.29, 0.717) is 12.1 Å². The molecule has 2 aliphatic carbocycles. The Morgan fingerprint density at radius 1 is 1.28 bits per heavy atom. The van der Waals surface area contributed by atoms with E-state index in [1.807, 2.05) is 12.1 Å². The Balaban J connectivity index is 1.89. The average molecular weight is 243 g/mol. The highest BCUT2D eigenvalue weighted by Crippen LogP contribution is 2.60. The van der Waals surface area contributed by atoms with Crippen LogP contribution < -0.4 is 5.32 Å². The van der Waals surface area contributed by atoms with E-state index in [4.69, 9.17) is 0 Å². The SMILES string of the molecule is CC(=O)Nc1ccc(C23CC2C(=O)CC3=O)cc1. The summed E-state index contributed by atoms with van der Waals surface area (Å²) in [7, 11) is 0. The third-order valence-electron chi connectivity index (χ3n) is 3.90. The fraction of sp³-hybridized carbons (Fsp3) is 0.357. The van der Waals surface area contributed by atoms with Crippen molar-refractivity contribution in [2.75, 3.05) is 5.32 Å². The molecule has 0 aliphatic heterocycles. The van der Waals surface area contributed by atoms with Crippen LogP contribution in [0.2, 0.25) is 0 Å². The molecule has 1 N–H and O–H groups in total. The molecule has 4 heteroatoms. The molecule has 2 unspecified atom stereocenters. The molecule has 2 fully saturated rings. The first-order valence-corrected chi connectivity index (χ1v) is 5.98. The number of benzene rings is 1. The summed E-state index contributed by atoms with van der Waals surface area (Å²) >= 11 is 0. The van der Waals surface area contributed by atoms with E-state index < -0.39 is 5.41 Å². The molecule has 0 spiro atoms. The second-order valence-electron chi connectivity index (χ2n) is 5.05. The largest absolute Gasteiger partial charge is 0.326 e. The van der Waals surface area contributed by atoms with Gasteiger partial charge in [0.05, 0.1) is 11.8 Å². The zero-order valence-corrected chi connectivity index (χ0v) is 10.0. The first-order valence-electron chi connectivity index (χ1n) is 5.98. The summed E-state index contributed by atoms with van der Waals surface area (Å²) in [5.41, 5.74) is 1.07. The number of hydrogen-bond donors (Lipinski definition) is 1. The normalized spacial score (nSPS) is 29.1. The molecule has 18 heavy (non-hydrogen) atoms. The van der Waals surface area contributed by atoms with E-state index in [0.717, 1.165) is 5.56 Å². The lowest BCUT2D eigenvalue weighted by Crippen LogP contribution is -2.17. The lowest BCUT2D eigenvalue weighted by molar-refractivity contribution is -0.124. The number of Topliss-reactive ketones (excluding diaryl/α,β-unsaturated/α-hetero) is 2. The van der Waals surface area contributed by atoms with Crippen molar-refractivity contribution in [3.05, 3.63) is 29.8 Å². The zero-order chi connectivity index (χ0) is 12.9.